The van der Waals surface area contributed by atoms with Gasteiger partial charge in [-0.1, -0.05) is 12.8 Å². The second-order valence-electron chi connectivity index (χ2n) is 1.14. The summed E-state index contributed by atoms with van der Waals surface area (Å²) in [5, 5.41) is 0. The highest BCUT2D eigenvalue weighted by Crippen LogP contribution is 1.71. The van der Waals surface area contributed by atoms with Crippen LogP contribution >= 0.6 is 12.8 Å². The molecule has 0 bridgehead atoms. The number of rotatable bonds is 0. The standard InChI is InChI=1S/C3H3N3OS/c7-3-5-1-4-2-6(3)8/h1-2,8H. The fourth-order valence-electron chi connectivity index (χ4n) is 0.284. The van der Waals surface area contributed by atoms with Crippen molar-refractivity contribution in [2.45, 2.75) is 0 Å². The van der Waals surface area contributed by atoms with Crippen LogP contribution in [0.2, 0.25) is 0 Å². The Kier molecular flexibility index (Phi) is 1.29. The summed E-state index contributed by atoms with van der Waals surface area (Å²) in [6, 6.07) is 0. The Labute approximate surface area is 50.8 Å². The Morgan fingerprint density at radius 3 is 2.88 bits per heavy atom. The van der Waals surface area contributed by atoms with Gasteiger partial charge in [0.1, 0.15) is 12.7 Å². The summed E-state index contributed by atoms with van der Waals surface area (Å²) in [5.74, 6) is 0. The molecule has 0 aliphatic rings. The molecule has 4 nitrogen and oxygen atoms in total. The predicted molar refractivity (Wildman–Crippen MR) is 30.7 cm³/mol. The normalized spacial score (nSPS) is 9.12. The topological polar surface area (TPSA) is 47.8 Å². The third-order valence-electron chi connectivity index (χ3n) is 0.607. The van der Waals surface area contributed by atoms with E-state index < -0.39 is 5.69 Å². The molecule has 0 aliphatic heterocycles. The van der Waals surface area contributed by atoms with Crippen LogP contribution in [0.15, 0.2) is 17.4 Å². The van der Waals surface area contributed by atoms with Crippen molar-refractivity contribution in [3.63, 3.8) is 0 Å². The van der Waals surface area contributed by atoms with E-state index in [1.165, 1.54) is 12.7 Å². The lowest BCUT2D eigenvalue weighted by atomic mass is 11.1. The van der Waals surface area contributed by atoms with E-state index in [-0.39, 0.29) is 0 Å². The minimum absolute atomic E-state index is 0.414. The molecule has 0 fully saturated rings. The van der Waals surface area contributed by atoms with Crippen molar-refractivity contribution in [1.82, 2.24) is 13.9 Å². The summed E-state index contributed by atoms with van der Waals surface area (Å²) in [6.45, 7) is 0. The molecule has 0 atom stereocenters. The predicted octanol–water partition coefficient (Wildman–Crippen LogP) is -0.669. The first-order valence-electron chi connectivity index (χ1n) is 1.88. The lowest BCUT2D eigenvalue weighted by Gasteiger charge is -1.85. The van der Waals surface area contributed by atoms with Crippen LogP contribution in [0.3, 0.4) is 0 Å². The first-order valence-corrected chi connectivity index (χ1v) is 2.28. The van der Waals surface area contributed by atoms with Crippen molar-refractivity contribution in [1.29, 1.82) is 0 Å². The van der Waals surface area contributed by atoms with Gasteiger partial charge in [0.05, 0.1) is 0 Å². The number of hydrogen-bond donors (Lipinski definition) is 1. The molecule has 1 aromatic rings. The zero-order valence-corrected chi connectivity index (χ0v) is 4.75. The van der Waals surface area contributed by atoms with Crippen molar-refractivity contribution in [3.05, 3.63) is 23.1 Å². The van der Waals surface area contributed by atoms with Crippen LogP contribution in [-0.4, -0.2) is 13.9 Å². The van der Waals surface area contributed by atoms with Crippen LogP contribution in [0.4, 0.5) is 0 Å². The first-order chi connectivity index (χ1) is 3.80. The van der Waals surface area contributed by atoms with E-state index in [9.17, 15) is 4.79 Å². The molecule has 42 valence electrons. The number of aromatic nitrogens is 3. The Morgan fingerprint density at radius 2 is 2.50 bits per heavy atom. The van der Waals surface area contributed by atoms with Crippen molar-refractivity contribution in [2.75, 3.05) is 0 Å². The molecule has 0 amide bonds. The maximum atomic E-state index is 10.4. The second-order valence-corrected chi connectivity index (χ2v) is 1.57. The molecule has 0 unspecified atom stereocenters. The fourth-order valence-corrected chi connectivity index (χ4v) is 0.395. The minimum atomic E-state index is -0.414. The van der Waals surface area contributed by atoms with Crippen LogP contribution in [-0.2, 0) is 0 Å². The largest absolute Gasteiger partial charge is 0.360 e. The lowest BCUT2D eigenvalue weighted by Crippen LogP contribution is -2.15. The van der Waals surface area contributed by atoms with Gasteiger partial charge in [-0.15, -0.1) is 0 Å². The third-order valence-corrected chi connectivity index (χ3v) is 0.881. The summed E-state index contributed by atoms with van der Waals surface area (Å²) in [4.78, 5) is 17.2. The summed E-state index contributed by atoms with van der Waals surface area (Å²) in [7, 11) is 0. The Bertz CT molecular complexity index is 232. The quantitative estimate of drug-likeness (QED) is 0.473. The van der Waals surface area contributed by atoms with Crippen molar-refractivity contribution in [2.24, 2.45) is 0 Å². The molecule has 0 N–H and O–H groups in total. The van der Waals surface area contributed by atoms with Gasteiger partial charge in [-0.25, -0.2) is 13.8 Å². The number of nitrogens with zero attached hydrogens (tertiary/aromatic N) is 3. The molecule has 0 saturated heterocycles. The van der Waals surface area contributed by atoms with Gasteiger partial charge in [0.25, 0.3) is 0 Å². The van der Waals surface area contributed by atoms with Crippen molar-refractivity contribution in [3.8, 4) is 0 Å². The van der Waals surface area contributed by atoms with E-state index in [4.69, 9.17) is 0 Å². The van der Waals surface area contributed by atoms with E-state index in [1.807, 2.05) is 0 Å². The van der Waals surface area contributed by atoms with E-state index in [0.717, 1.165) is 3.97 Å². The van der Waals surface area contributed by atoms with Crippen molar-refractivity contribution >= 4 is 12.8 Å². The highest BCUT2D eigenvalue weighted by molar-refractivity contribution is 7.78. The molecular weight excluding hydrogens is 126 g/mol. The van der Waals surface area contributed by atoms with Gasteiger partial charge in [0, 0.05) is 0 Å². The Morgan fingerprint density at radius 1 is 1.75 bits per heavy atom. The summed E-state index contributed by atoms with van der Waals surface area (Å²) >= 11 is 3.68. The Hall–Kier alpha value is -0.840. The van der Waals surface area contributed by atoms with Gasteiger partial charge in [0.15, 0.2) is 0 Å². The van der Waals surface area contributed by atoms with E-state index >= 15 is 0 Å². The second kappa shape index (κ2) is 1.95. The average molecular weight is 129 g/mol. The molecule has 0 spiro atoms. The molecular formula is C3H3N3OS. The molecule has 1 heterocycles. The van der Waals surface area contributed by atoms with Gasteiger partial charge in [-0.3, -0.25) is 0 Å². The SMILES string of the molecule is O=c1ncncn1S. The van der Waals surface area contributed by atoms with Crippen LogP contribution < -0.4 is 5.69 Å². The van der Waals surface area contributed by atoms with Crippen LogP contribution in [0.5, 0.6) is 0 Å². The maximum Gasteiger partial charge on any atom is 0.360 e. The van der Waals surface area contributed by atoms with Gasteiger partial charge >= 0.3 is 5.69 Å². The molecule has 1 rings (SSSR count). The van der Waals surface area contributed by atoms with Crippen LogP contribution in [0.25, 0.3) is 0 Å². The molecule has 8 heavy (non-hydrogen) atoms. The van der Waals surface area contributed by atoms with Gasteiger partial charge < -0.3 is 0 Å². The first kappa shape index (κ1) is 5.30. The number of hydrogen-bond acceptors (Lipinski definition) is 4. The molecule has 0 aliphatic carbocycles. The Balaban J connectivity index is 3.35. The molecule has 0 saturated carbocycles. The van der Waals surface area contributed by atoms with Crippen LogP contribution in [0.1, 0.15) is 0 Å². The summed E-state index contributed by atoms with van der Waals surface area (Å²) < 4.78 is 1.00. The van der Waals surface area contributed by atoms with E-state index in [1.54, 1.807) is 0 Å². The van der Waals surface area contributed by atoms with Crippen LogP contribution in [0, 0.1) is 0 Å². The third kappa shape index (κ3) is 0.865. The monoisotopic (exact) mass is 129 g/mol. The fraction of sp³-hybridized carbons (Fsp3) is 0. The zero-order valence-electron chi connectivity index (χ0n) is 3.85. The molecule has 0 aromatic carbocycles. The zero-order chi connectivity index (χ0) is 5.98. The lowest BCUT2D eigenvalue weighted by molar-refractivity contribution is 0.946. The average Bonchev–Trinajstić information content (AvgIpc) is 1.77. The van der Waals surface area contributed by atoms with E-state index in [2.05, 4.69) is 22.8 Å². The maximum absolute atomic E-state index is 10.4. The van der Waals surface area contributed by atoms with Gasteiger partial charge in [-0.05, 0) is 0 Å². The van der Waals surface area contributed by atoms with Gasteiger partial charge in [0.2, 0.25) is 0 Å². The van der Waals surface area contributed by atoms with E-state index in [0.29, 0.717) is 0 Å². The molecule has 1 aromatic heterocycles. The highest BCUT2D eigenvalue weighted by atomic mass is 32.1. The molecule has 0 radical (unpaired) electrons. The van der Waals surface area contributed by atoms with Gasteiger partial charge in [-0.2, -0.15) is 4.98 Å². The molecule has 5 heteroatoms. The van der Waals surface area contributed by atoms with Crippen molar-refractivity contribution < 1.29 is 0 Å². The smallest absolute Gasteiger partial charge is 0.245 e. The summed E-state index contributed by atoms with van der Waals surface area (Å²) in [6.07, 6.45) is 2.45. The highest BCUT2D eigenvalue weighted by Gasteiger charge is 1.83. The number of thiol groups is 1. The minimum Gasteiger partial charge on any atom is -0.245 e. The summed E-state index contributed by atoms with van der Waals surface area (Å²) in [5.41, 5.74) is -0.414.